The van der Waals surface area contributed by atoms with E-state index >= 15 is 0 Å². The van der Waals surface area contributed by atoms with Crippen LogP contribution in [0.25, 0.3) is 0 Å². The summed E-state index contributed by atoms with van der Waals surface area (Å²) >= 11 is 0. The van der Waals surface area contributed by atoms with E-state index in [0.29, 0.717) is 11.6 Å². The second kappa shape index (κ2) is 5.82. The summed E-state index contributed by atoms with van der Waals surface area (Å²) < 4.78 is 0. The Balaban J connectivity index is 2.90. The zero-order chi connectivity index (χ0) is 12.9. The molecular weight excluding hydrogens is 216 g/mol. The predicted octanol–water partition coefficient (Wildman–Crippen LogP) is 1.58. The van der Waals surface area contributed by atoms with Gasteiger partial charge >= 0.3 is 0 Å². The number of nitrogen functional groups attached to an aromatic ring is 1. The molecule has 1 aromatic rings. The van der Waals surface area contributed by atoms with Gasteiger partial charge in [-0.3, -0.25) is 0 Å². The maximum Gasteiger partial charge on any atom is 0.133 e. The average molecular weight is 238 g/mol. The number of aryl methyl sites for hydroxylation is 1. The van der Waals surface area contributed by atoms with Gasteiger partial charge in [-0.05, 0) is 19.8 Å². The molecule has 0 amide bonds. The fourth-order valence-electron chi connectivity index (χ4n) is 1.47. The van der Waals surface area contributed by atoms with Crippen LogP contribution in [0.15, 0.2) is 6.07 Å². The lowest BCUT2D eigenvalue weighted by atomic mass is 10.0. The highest BCUT2D eigenvalue weighted by Gasteiger charge is 2.21. The summed E-state index contributed by atoms with van der Waals surface area (Å²) in [4.78, 5) is 8.56. The van der Waals surface area contributed by atoms with Gasteiger partial charge in [-0.2, -0.15) is 0 Å². The number of nitrogens with zero attached hydrogens (tertiary/aromatic N) is 2. The first-order valence-electron chi connectivity index (χ1n) is 6.05. The molecule has 0 saturated carbocycles. The number of aliphatic hydroxyl groups excluding tert-OH is 1. The largest absolute Gasteiger partial charge is 0.394 e. The lowest BCUT2D eigenvalue weighted by Gasteiger charge is -2.28. The normalized spacial score (nSPS) is 14.4. The molecule has 0 fully saturated rings. The highest BCUT2D eigenvalue weighted by Crippen LogP contribution is 2.18. The molecule has 0 saturated heterocycles. The van der Waals surface area contributed by atoms with Crippen LogP contribution in [0.5, 0.6) is 0 Å². The third kappa shape index (κ3) is 3.85. The minimum Gasteiger partial charge on any atom is -0.394 e. The molecule has 17 heavy (non-hydrogen) atoms. The Labute approximate surface area is 102 Å². The third-order valence-electron chi connectivity index (χ3n) is 2.83. The maximum atomic E-state index is 9.35. The van der Waals surface area contributed by atoms with Crippen LogP contribution in [0.1, 0.15) is 39.4 Å². The molecule has 1 aromatic heterocycles. The van der Waals surface area contributed by atoms with E-state index in [1.807, 2.05) is 13.8 Å². The van der Waals surface area contributed by atoms with Crippen molar-refractivity contribution in [1.82, 2.24) is 9.97 Å². The molecule has 1 atom stereocenters. The molecule has 96 valence electrons. The van der Waals surface area contributed by atoms with Crippen molar-refractivity contribution in [3.05, 3.63) is 11.9 Å². The molecule has 5 heteroatoms. The number of hydrogen-bond donors (Lipinski definition) is 3. The van der Waals surface area contributed by atoms with Gasteiger partial charge in [-0.25, -0.2) is 9.97 Å². The molecule has 1 rings (SSSR count). The minimum atomic E-state index is -0.371. The smallest absolute Gasteiger partial charge is 0.133 e. The quantitative estimate of drug-likeness (QED) is 0.701. The number of nitrogens with one attached hydrogen (secondary N) is 1. The Morgan fingerprint density at radius 2 is 2.12 bits per heavy atom. The average Bonchev–Trinajstić information content (AvgIpc) is 2.28. The number of anilines is 2. The number of hydrogen-bond acceptors (Lipinski definition) is 5. The summed E-state index contributed by atoms with van der Waals surface area (Å²) in [6.07, 6.45) is 2.59. The molecule has 0 aliphatic heterocycles. The molecule has 0 aliphatic carbocycles. The molecule has 4 N–H and O–H groups in total. The van der Waals surface area contributed by atoms with Crippen LogP contribution in [0.4, 0.5) is 11.6 Å². The monoisotopic (exact) mass is 238 g/mol. The highest BCUT2D eigenvalue weighted by molar-refractivity contribution is 5.46. The van der Waals surface area contributed by atoms with Crippen LogP contribution in [0.2, 0.25) is 0 Å². The molecule has 1 heterocycles. The molecule has 5 nitrogen and oxygen atoms in total. The van der Waals surface area contributed by atoms with Crippen LogP contribution in [-0.2, 0) is 6.42 Å². The van der Waals surface area contributed by atoms with Crippen molar-refractivity contribution in [2.45, 2.75) is 45.6 Å². The van der Waals surface area contributed by atoms with Crippen molar-refractivity contribution in [2.24, 2.45) is 0 Å². The van der Waals surface area contributed by atoms with Crippen LogP contribution < -0.4 is 11.1 Å². The first-order valence-corrected chi connectivity index (χ1v) is 6.05. The molecule has 0 spiro atoms. The van der Waals surface area contributed by atoms with Crippen molar-refractivity contribution in [3.63, 3.8) is 0 Å². The van der Waals surface area contributed by atoms with Crippen molar-refractivity contribution in [1.29, 1.82) is 0 Å². The summed E-state index contributed by atoms with van der Waals surface area (Å²) in [5.41, 5.74) is 5.37. The van der Waals surface area contributed by atoms with E-state index in [0.717, 1.165) is 25.1 Å². The molecule has 1 unspecified atom stereocenters. The van der Waals surface area contributed by atoms with Gasteiger partial charge in [-0.15, -0.1) is 0 Å². The first kappa shape index (κ1) is 13.7. The third-order valence-corrected chi connectivity index (χ3v) is 2.83. The number of rotatable bonds is 6. The highest BCUT2D eigenvalue weighted by atomic mass is 16.3. The Hall–Kier alpha value is -1.36. The van der Waals surface area contributed by atoms with E-state index in [1.165, 1.54) is 0 Å². The Kier molecular flexibility index (Phi) is 4.69. The van der Waals surface area contributed by atoms with Gasteiger partial charge in [0.1, 0.15) is 17.5 Å². The van der Waals surface area contributed by atoms with E-state index in [-0.39, 0.29) is 12.1 Å². The molecular formula is C12H22N4O. The van der Waals surface area contributed by atoms with E-state index in [1.54, 1.807) is 6.07 Å². The standard InChI is InChI=1S/C12H22N4O/c1-4-6-10-14-9(13)7-11(15-10)16-12(3,5-2)8-17/h7,17H,4-6,8H2,1-3H3,(H3,13,14,15,16). The van der Waals surface area contributed by atoms with Gasteiger partial charge < -0.3 is 16.2 Å². The SMILES string of the molecule is CCCc1nc(N)cc(NC(C)(CC)CO)n1. The van der Waals surface area contributed by atoms with Crippen molar-refractivity contribution >= 4 is 11.6 Å². The molecule has 0 bridgehead atoms. The summed E-state index contributed by atoms with van der Waals surface area (Å²) in [6, 6.07) is 1.70. The van der Waals surface area contributed by atoms with Gasteiger partial charge in [-0.1, -0.05) is 13.8 Å². The zero-order valence-corrected chi connectivity index (χ0v) is 10.8. The van der Waals surface area contributed by atoms with Crippen molar-refractivity contribution in [2.75, 3.05) is 17.7 Å². The van der Waals surface area contributed by atoms with E-state index in [4.69, 9.17) is 5.73 Å². The Morgan fingerprint density at radius 3 is 2.65 bits per heavy atom. The van der Waals surface area contributed by atoms with E-state index in [9.17, 15) is 5.11 Å². The predicted molar refractivity (Wildman–Crippen MR) is 69.8 cm³/mol. The fourth-order valence-corrected chi connectivity index (χ4v) is 1.47. The summed E-state index contributed by atoms with van der Waals surface area (Å²) in [5, 5.41) is 12.6. The van der Waals surface area contributed by atoms with Gasteiger partial charge in [0.2, 0.25) is 0 Å². The molecule has 0 aliphatic rings. The minimum absolute atomic E-state index is 0.0521. The summed E-state index contributed by atoms with van der Waals surface area (Å²) in [7, 11) is 0. The van der Waals surface area contributed by atoms with Gasteiger partial charge in [0.05, 0.1) is 12.1 Å². The van der Waals surface area contributed by atoms with Gasteiger partial charge in [0, 0.05) is 12.5 Å². The van der Waals surface area contributed by atoms with Crippen molar-refractivity contribution < 1.29 is 5.11 Å². The number of aromatic nitrogens is 2. The summed E-state index contributed by atoms with van der Waals surface area (Å²) in [6.45, 7) is 6.09. The van der Waals surface area contributed by atoms with Crippen LogP contribution in [-0.4, -0.2) is 27.2 Å². The fraction of sp³-hybridized carbons (Fsp3) is 0.667. The van der Waals surface area contributed by atoms with Crippen molar-refractivity contribution in [3.8, 4) is 0 Å². The zero-order valence-electron chi connectivity index (χ0n) is 10.8. The Morgan fingerprint density at radius 1 is 1.41 bits per heavy atom. The topological polar surface area (TPSA) is 84.1 Å². The van der Waals surface area contributed by atoms with E-state index in [2.05, 4.69) is 22.2 Å². The molecule has 0 radical (unpaired) electrons. The second-order valence-corrected chi connectivity index (χ2v) is 4.54. The number of nitrogens with two attached hydrogens (primary N) is 1. The summed E-state index contributed by atoms with van der Waals surface area (Å²) in [5.74, 6) is 1.88. The maximum absolute atomic E-state index is 9.35. The van der Waals surface area contributed by atoms with Gasteiger partial charge in [0.25, 0.3) is 0 Å². The van der Waals surface area contributed by atoms with Gasteiger partial charge in [0.15, 0.2) is 0 Å². The lowest BCUT2D eigenvalue weighted by molar-refractivity contribution is 0.218. The van der Waals surface area contributed by atoms with E-state index < -0.39 is 0 Å². The van der Waals surface area contributed by atoms with Crippen LogP contribution in [0, 0.1) is 0 Å². The Bertz CT molecular complexity index is 364. The van der Waals surface area contributed by atoms with Crippen LogP contribution in [0.3, 0.4) is 0 Å². The van der Waals surface area contributed by atoms with Crippen LogP contribution >= 0.6 is 0 Å². The number of aliphatic hydroxyl groups is 1. The lowest BCUT2D eigenvalue weighted by Crippen LogP contribution is -2.38. The second-order valence-electron chi connectivity index (χ2n) is 4.54. The molecule has 0 aromatic carbocycles. The first-order chi connectivity index (χ1) is 8.03.